The van der Waals surface area contributed by atoms with Gasteiger partial charge < -0.3 is 14.0 Å². The molecule has 5 rings (SSSR count). The van der Waals surface area contributed by atoms with Crippen LogP contribution in [-0.2, 0) is 11.8 Å². The van der Waals surface area contributed by atoms with E-state index in [0.29, 0.717) is 39.0 Å². The second-order valence-electron chi connectivity index (χ2n) is 6.38. The van der Waals surface area contributed by atoms with Gasteiger partial charge in [0, 0.05) is 19.2 Å². The van der Waals surface area contributed by atoms with Crippen molar-refractivity contribution in [2.45, 2.75) is 18.9 Å². The molecule has 1 fully saturated rings. The lowest BCUT2D eigenvalue weighted by atomic mass is 10.2. The van der Waals surface area contributed by atoms with E-state index >= 15 is 0 Å². The molecule has 1 atom stereocenters. The summed E-state index contributed by atoms with van der Waals surface area (Å²) in [5.74, 6) is 2.11. The van der Waals surface area contributed by atoms with E-state index in [1.165, 1.54) is 6.33 Å². The summed E-state index contributed by atoms with van der Waals surface area (Å²) in [5, 5.41) is 9.07. The molecule has 0 saturated carbocycles. The van der Waals surface area contributed by atoms with E-state index in [1.807, 2.05) is 31.3 Å². The average Bonchev–Trinajstić information content (AvgIpc) is 3.44. The van der Waals surface area contributed by atoms with Crippen LogP contribution in [0.2, 0.25) is 0 Å². The second-order valence-corrected chi connectivity index (χ2v) is 7.13. The highest BCUT2D eigenvalue weighted by Crippen LogP contribution is 2.33. The van der Waals surface area contributed by atoms with Crippen LogP contribution in [0.3, 0.4) is 0 Å². The van der Waals surface area contributed by atoms with E-state index in [0.717, 1.165) is 25.0 Å². The lowest BCUT2D eigenvalue weighted by Gasteiger charge is -2.06. The highest BCUT2D eigenvalue weighted by Gasteiger charge is 2.24. The molecule has 1 aromatic carbocycles. The maximum Gasteiger partial charge on any atom is 0.256 e. The fourth-order valence-electron chi connectivity index (χ4n) is 3.13. The second kappa shape index (κ2) is 6.95. The van der Waals surface area contributed by atoms with Crippen molar-refractivity contribution in [1.82, 2.24) is 29.9 Å². The fraction of sp³-hybridized carbons (Fsp3) is 0.278. The van der Waals surface area contributed by atoms with Crippen molar-refractivity contribution in [1.29, 1.82) is 0 Å². The molecule has 0 amide bonds. The van der Waals surface area contributed by atoms with Crippen molar-refractivity contribution in [2.24, 2.45) is 7.05 Å². The average molecular weight is 443 g/mol. The molecule has 142 valence electrons. The first-order valence-electron chi connectivity index (χ1n) is 8.76. The van der Waals surface area contributed by atoms with Gasteiger partial charge >= 0.3 is 0 Å². The van der Waals surface area contributed by atoms with Crippen LogP contribution in [0.5, 0.6) is 11.6 Å². The van der Waals surface area contributed by atoms with Gasteiger partial charge in [-0.15, -0.1) is 0 Å². The van der Waals surface area contributed by atoms with Crippen LogP contribution in [0.25, 0.3) is 22.4 Å². The Bertz CT molecular complexity index is 1130. The molecule has 9 nitrogen and oxygen atoms in total. The first-order valence-corrected chi connectivity index (χ1v) is 9.55. The lowest BCUT2D eigenvalue weighted by Crippen LogP contribution is -1.95. The van der Waals surface area contributed by atoms with Crippen molar-refractivity contribution < 1.29 is 14.0 Å². The van der Waals surface area contributed by atoms with Gasteiger partial charge in [0.1, 0.15) is 28.2 Å². The van der Waals surface area contributed by atoms with E-state index in [1.54, 1.807) is 4.68 Å². The van der Waals surface area contributed by atoms with E-state index in [-0.39, 0.29) is 6.10 Å². The Labute approximate surface area is 167 Å². The summed E-state index contributed by atoms with van der Waals surface area (Å²) in [6.45, 7) is 0.734. The maximum atomic E-state index is 5.94. The maximum absolute atomic E-state index is 5.94. The molecular weight excluding hydrogens is 428 g/mol. The number of rotatable bonds is 4. The van der Waals surface area contributed by atoms with Gasteiger partial charge in [0.2, 0.25) is 11.7 Å². The molecule has 0 aliphatic carbocycles. The Kier molecular flexibility index (Phi) is 4.29. The summed E-state index contributed by atoms with van der Waals surface area (Å²) in [6, 6.07) is 7.40. The SMILES string of the molecule is Cn1nc(Br)c2c(Oc3ccc(-c4noc(C5CCCO5)n4)cc3)ncnc21. The molecular formula is C18H15BrN6O3. The highest BCUT2D eigenvalue weighted by atomic mass is 79.9. The van der Waals surface area contributed by atoms with Crippen LogP contribution in [0.1, 0.15) is 24.8 Å². The molecule has 0 radical (unpaired) electrons. The standard InChI is InChI=1S/C18H15BrN6O3/c1-25-16-13(14(19)23-25)18(21-9-20-16)27-11-6-4-10(5-7-11)15-22-17(28-24-15)12-3-2-8-26-12/h4-7,9,12H,2-3,8H2,1H3. The predicted molar refractivity (Wildman–Crippen MR) is 102 cm³/mol. The van der Waals surface area contributed by atoms with Gasteiger partial charge in [-0.25, -0.2) is 14.6 Å². The molecule has 10 heteroatoms. The molecule has 0 bridgehead atoms. The lowest BCUT2D eigenvalue weighted by molar-refractivity contribution is 0.0835. The Hall–Kier alpha value is -2.85. The third kappa shape index (κ3) is 3.04. The number of aromatic nitrogens is 6. The first kappa shape index (κ1) is 17.3. The van der Waals surface area contributed by atoms with Crippen molar-refractivity contribution in [3.8, 4) is 23.0 Å². The summed E-state index contributed by atoms with van der Waals surface area (Å²) < 4.78 is 19.2. The van der Waals surface area contributed by atoms with Crippen LogP contribution in [0, 0.1) is 0 Å². The third-order valence-electron chi connectivity index (χ3n) is 4.52. The zero-order valence-electron chi connectivity index (χ0n) is 14.9. The molecule has 3 aromatic heterocycles. The third-order valence-corrected chi connectivity index (χ3v) is 5.07. The zero-order chi connectivity index (χ0) is 19.1. The van der Waals surface area contributed by atoms with Crippen LogP contribution >= 0.6 is 15.9 Å². The molecule has 4 heterocycles. The number of nitrogens with zero attached hydrogens (tertiary/aromatic N) is 6. The minimum atomic E-state index is -0.0954. The van der Waals surface area contributed by atoms with Crippen LogP contribution in [0.4, 0.5) is 0 Å². The van der Waals surface area contributed by atoms with Gasteiger partial charge in [-0.05, 0) is 53.0 Å². The van der Waals surface area contributed by atoms with Gasteiger partial charge in [0.05, 0.1) is 0 Å². The van der Waals surface area contributed by atoms with Crippen LogP contribution in [-0.4, -0.2) is 36.5 Å². The molecule has 4 aromatic rings. The molecule has 1 unspecified atom stereocenters. The smallest absolute Gasteiger partial charge is 0.256 e. The molecule has 28 heavy (non-hydrogen) atoms. The number of hydrogen-bond donors (Lipinski definition) is 0. The highest BCUT2D eigenvalue weighted by molar-refractivity contribution is 9.10. The molecule has 0 spiro atoms. The van der Waals surface area contributed by atoms with Gasteiger partial charge in [-0.2, -0.15) is 10.1 Å². The van der Waals surface area contributed by atoms with Crippen molar-refractivity contribution in [3.63, 3.8) is 0 Å². The Morgan fingerprint density at radius 1 is 1.21 bits per heavy atom. The summed E-state index contributed by atoms with van der Waals surface area (Å²) in [7, 11) is 1.81. The van der Waals surface area contributed by atoms with E-state index < -0.39 is 0 Å². The Morgan fingerprint density at radius 2 is 2.07 bits per heavy atom. The number of benzene rings is 1. The van der Waals surface area contributed by atoms with Gasteiger partial charge in [-0.3, -0.25) is 0 Å². The number of hydrogen-bond acceptors (Lipinski definition) is 8. The summed E-state index contributed by atoms with van der Waals surface area (Å²) in [6.07, 6.45) is 3.28. The minimum Gasteiger partial charge on any atom is -0.438 e. The molecule has 0 N–H and O–H groups in total. The number of fused-ring (bicyclic) bond motifs is 1. The first-order chi connectivity index (χ1) is 13.7. The summed E-state index contributed by atoms with van der Waals surface area (Å²) >= 11 is 3.43. The molecule has 1 aliphatic heterocycles. The Morgan fingerprint density at radius 3 is 2.86 bits per heavy atom. The summed E-state index contributed by atoms with van der Waals surface area (Å²) in [5.41, 5.74) is 1.51. The largest absolute Gasteiger partial charge is 0.438 e. The van der Waals surface area contributed by atoms with Crippen molar-refractivity contribution in [3.05, 3.63) is 41.1 Å². The molecule has 1 aliphatic rings. The normalized spacial score (nSPS) is 16.7. The van der Waals surface area contributed by atoms with E-state index in [9.17, 15) is 0 Å². The van der Waals surface area contributed by atoms with Gasteiger partial charge in [-0.1, -0.05) is 5.16 Å². The monoisotopic (exact) mass is 442 g/mol. The van der Waals surface area contributed by atoms with Crippen LogP contribution < -0.4 is 4.74 Å². The van der Waals surface area contributed by atoms with Crippen LogP contribution in [0.15, 0.2) is 39.7 Å². The van der Waals surface area contributed by atoms with Gasteiger partial charge in [0.15, 0.2) is 5.65 Å². The summed E-state index contributed by atoms with van der Waals surface area (Å²) in [4.78, 5) is 12.9. The van der Waals surface area contributed by atoms with Crippen molar-refractivity contribution >= 4 is 27.0 Å². The van der Waals surface area contributed by atoms with E-state index in [4.69, 9.17) is 14.0 Å². The number of ether oxygens (including phenoxy) is 2. The minimum absolute atomic E-state index is 0.0954. The quantitative estimate of drug-likeness (QED) is 0.469. The number of aryl methyl sites for hydroxylation is 1. The number of halogens is 1. The Balaban J connectivity index is 1.39. The van der Waals surface area contributed by atoms with Crippen molar-refractivity contribution in [2.75, 3.05) is 6.61 Å². The predicted octanol–water partition coefficient (Wildman–Crippen LogP) is 3.82. The topological polar surface area (TPSA) is 101 Å². The molecule has 1 saturated heterocycles. The zero-order valence-corrected chi connectivity index (χ0v) is 16.5. The fourth-order valence-corrected chi connectivity index (χ4v) is 3.72. The van der Waals surface area contributed by atoms with E-state index in [2.05, 4.69) is 41.1 Å². The van der Waals surface area contributed by atoms with Gasteiger partial charge in [0.25, 0.3) is 5.89 Å².